The first-order valence-corrected chi connectivity index (χ1v) is 6.14. The van der Waals surface area contributed by atoms with Gasteiger partial charge in [0.1, 0.15) is 0 Å². The average Bonchev–Trinajstić information content (AvgIpc) is 2.21. The van der Waals surface area contributed by atoms with E-state index in [2.05, 4.69) is 5.32 Å². The van der Waals surface area contributed by atoms with Gasteiger partial charge in [0.25, 0.3) is 0 Å². The van der Waals surface area contributed by atoms with Crippen molar-refractivity contribution in [2.75, 3.05) is 25.5 Å². The summed E-state index contributed by atoms with van der Waals surface area (Å²) in [6, 6.07) is 3.69. The number of nitrogens with zero attached hydrogens (tertiary/aromatic N) is 1. The highest BCUT2D eigenvalue weighted by Gasteiger charge is 2.12. The van der Waals surface area contributed by atoms with E-state index in [9.17, 15) is 9.59 Å². The maximum atomic E-state index is 11.8. The Labute approximate surface area is 117 Å². The topological polar surface area (TPSA) is 69.6 Å². The molecule has 0 unspecified atom stereocenters. The molecule has 1 aromatic rings. The van der Waals surface area contributed by atoms with Crippen molar-refractivity contribution >= 4 is 29.2 Å². The van der Waals surface area contributed by atoms with Crippen LogP contribution in [0.5, 0.6) is 0 Å². The van der Waals surface area contributed by atoms with Gasteiger partial charge in [-0.25, -0.2) is 0 Å². The van der Waals surface area contributed by atoms with E-state index >= 15 is 0 Å². The third kappa shape index (κ3) is 4.89. The summed E-state index contributed by atoms with van der Waals surface area (Å²) in [5.74, 6) is -1.27. The molecule has 0 saturated heterocycles. The second kappa shape index (κ2) is 6.54. The second-order valence-corrected chi connectivity index (χ2v) is 4.96. The van der Waals surface area contributed by atoms with Crippen molar-refractivity contribution in [3.05, 3.63) is 28.3 Å². The van der Waals surface area contributed by atoms with Gasteiger partial charge in [0.2, 0.25) is 5.91 Å². The van der Waals surface area contributed by atoms with Gasteiger partial charge in [0, 0.05) is 0 Å². The molecule has 0 spiro atoms. The number of carboxylic acid groups (broad SMARTS) is 1. The van der Waals surface area contributed by atoms with Gasteiger partial charge in [-0.1, -0.05) is 17.7 Å². The number of halogens is 1. The van der Waals surface area contributed by atoms with Crippen LogP contribution >= 0.6 is 11.6 Å². The highest BCUT2D eigenvalue weighted by molar-refractivity contribution is 6.34. The number of carboxylic acids is 1. The summed E-state index contributed by atoms with van der Waals surface area (Å²) in [6.45, 7) is 3.59. The third-order valence-corrected chi connectivity index (χ3v) is 2.81. The fraction of sp³-hybridized carbons (Fsp3) is 0.385. The van der Waals surface area contributed by atoms with Crippen LogP contribution in [0.25, 0.3) is 0 Å². The number of likely N-dealkylation sites (N-methyl/N-ethyl adjacent to an activating group) is 1. The smallest absolute Gasteiger partial charge is 0.317 e. The molecular weight excluding hydrogens is 268 g/mol. The van der Waals surface area contributed by atoms with Crippen LogP contribution in [0.2, 0.25) is 5.02 Å². The first-order chi connectivity index (χ1) is 8.79. The van der Waals surface area contributed by atoms with Crippen molar-refractivity contribution in [2.24, 2.45) is 0 Å². The minimum Gasteiger partial charge on any atom is -0.480 e. The monoisotopic (exact) mass is 284 g/mol. The Kier molecular flexibility index (Phi) is 5.32. The Morgan fingerprint density at radius 3 is 2.47 bits per heavy atom. The lowest BCUT2D eigenvalue weighted by atomic mass is 10.1. The van der Waals surface area contributed by atoms with E-state index < -0.39 is 5.97 Å². The van der Waals surface area contributed by atoms with E-state index in [0.717, 1.165) is 11.1 Å². The molecule has 0 aliphatic heterocycles. The molecule has 1 rings (SSSR count). The van der Waals surface area contributed by atoms with Gasteiger partial charge in [-0.15, -0.1) is 0 Å². The first-order valence-electron chi connectivity index (χ1n) is 5.76. The van der Waals surface area contributed by atoms with Crippen LogP contribution in [0.3, 0.4) is 0 Å². The van der Waals surface area contributed by atoms with Crippen molar-refractivity contribution in [2.45, 2.75) is 13.8 Å². The van der Waals surface area contributed by atoms with Crippen molar-refractivity contribution in [1.82, 2.24) is 4.90 Å². The quantitative estimate of drug-likeness (QED) is 0.867. The minimum absolute atomic E-state index is 0.00402. The first kappa shape index (κ1) is 15.5. The minimum atomic E-state index is -0.972. The van der Waals surface area contributed by atoms with Gasteiger partial charge in [-0.3, -0.25) is 14.5 Å². The molecule has 0 aliphatic carbocycles. The Balaban J connectivity index is 2.70. The van der Waals surface area contributed by atoms with Gasteiger partial charge < -0.3 is 10.4 Å². The molecule has 19 heavy (non-hydrogen) atoms. The van der Waals surface area contributed by atoms with E-state index in [1.54, 1.807) is 13.1 Å². The Morgan fingerprint density at radius 2 is 1.95 bits per heavy atom. The van der Waals surface area contributed by atoms with Crippen molar-refractivity contribution in [3.8, 4) is 0 Å². The summed E-state index contributed by atoms with van der Waals surface area (Å²) >= 11 is 6.08. The zero-order valence-corrected chi connectivity index (χ0v) is 11.9. The lowest BCUT2D eigenvalue weighted by molar-refractivity contribution is -0.138. The number of benzene rings is 1. The molecule has 0 bridgehead atoms. The second-order valence-electron chi connectivity index (χ2n) is 4.55. The lowest BCUT2D eigenvalue weighted by Gasteiger charge is -2.15. The summed E-state index contributed by atoms with van der Waals surface area (Å²) in [5.41, 5.74) is 2.46. The number of aliphatic carboxylic acids is 1. The summed E-state index contributed by atoms with van der Waals surface area (Å²) < 4.78 is 0. The number of rotatable bonds is 5. The van der Waals surface area contributed by atoms with Gasteiger partial charge in [0.15, 0.2) is 0 Å². The summed E-state index contributed by atoms with van der Waals surface area (Å²) in [6.07, 6.45) is 0. The zero-order chi connectivity index (χ0) is 14.6. The molecule has 0 aliphatic rings. The number of carbonyl (C=O) groups excluding carboxylic acids is 1. The highest BCUT2D eigenvalue weighted by atomic mass is 35.5. The molecule has 0 aromatic heterocycles. The molecule has 0 fully saturated rings. The Morgan fingerprint density at radius 1 is 1.32 bits per heavy atom. The fourth-order valence-electron chi connectivity index (χ4n) is 1.78. The average molecular weight is 285 g/mol. The van der Waals surface area contributed by atoms with Crippen LogP contribution in [-0.4, -0.2) is 42.0 Å². The van der Waals surface area contributed by atoms with Crippen molar-refractivity contribution in [3.63, 3.8) is 0 Å². The van der Waals surface area contributed by atoms with Gasteiger partial charge in [-0.05, 0) is 38.1 Å². The number of anilines is 1. The molecule has 5 nitrogen and oxygen atoms in total. The van der Waals surface area contributed by atoms with Crippen LogP contribution in [0.15, 0.2) is 12.1 Å². The van der Waals surface area contributed by atoms with E-state index in [4.69, 9.17) is 16.7 Å². The predicted molar refractivity (Wildman–Crippen MR) is 74.7 cm³/mol. The fourth-order valence-corrected chi connectivity index (χ4v) is 2.15. The molecule has 2 N–H and O–H groups in total. The van der Waals surface area contributed by atoms with Crippen molar-refractivity contribution in [1.29, 1.82) is 0 Å². The maximum Gasteiger partial charge on any atom is 0.317 e. The van der Waals surface area contributed by atoms with Gasteiger partial charge >= 0.3 is 5.97 Å². The molecule has 1 aromatic carbocycles. The van der Waals surface area contributed by atoms with E-state index in [0.29, 0.717) is 10.7 Å². The van der Waals surface area contributed by atoms with Gasteiger partial charge in [0.05, 0.1) is 23.8 Å². The standard InChI is InChI=1S/C13H17ClN2O3/c1-8-4-9(2)13(10(14)5-8)15-11(17)6-16(3)7-12(18)19/h4-5H,6-7H2,1-3H3,(H,15,17)(H,18,19). The highest BCUT2D eigenvalue weighted by Crippen LogP contribution is 2.27. The zero-order valence-electron chi connectivity index (χ0n) is 11.2. The molecule has 1 amide bonds. The molecule has 6 heteroatoms. The van der Waals surface area contributed by atoms with Crippen LogP contribution < -0.4 is 5.32 Å². The number of aryl methyl sites for hydroxylation is 2. The number of hydrogen-bond acceptors (Lipinski definition) is 3. The van der Waals surface area contributed by atoms with Crippen LogP contribution in [0, 0.1) is 13.8 Å². The molecular formula is C13H17ClN2O3. The number of nitrogens with one attached hydrogen (secondary N) is 1. The van der Waals surface area contributed by atoms with Crippen LogP contribution in [-0.2, 0) is 9.59 Å². The molecule has 0 atom stereocenters. The lowest BCUT2D eigenvalue weighted by Crippen LogP contribution is -2.34. The van der Waals surface area contributed by atoms with E-state index in [-0.39, 0.29) is 19.0 Å². The maximum absolute atomic E-state index is 11.8. The molecule has 104 valence electrons. The summed E-state index contributed by atoms with van der Waals surface area (Å²) in [5, 5.41) is 11.8. The number of amides is 1. The van der Waals surface area contributed by atoms with Crippen LogP contribution in [0.4, 0.5) is 5.69 Å². The predicted octanol–water partition coefficient (Wildman–Crippen LogP) is 1.91. The van der Waals surface area contributed by atoms with E-state index in [1.807, 2.05) is 19.9 Å². The molecule has 0 heterocycles. The van der Waals surface area contributed by atoms with Crippen LogP contribution in [0.1, 0.15) is 11.1 Å². The molecule has 0 radical (unpaired) electrons. The van der Waals surface area contributed by atoms with Gasteiger partial charge in [-0.2, -0.15) is 0 Å². The number of carbonyl (C=O) groups is 2. The SMILES string of the molecule is Cc1cc(C)c(NC(=O)CN(C)CC(=O)O)c(Cl)c1. The molecule has 0 saturated carbocycles. The summed E-state index contributed by atoms with van der Waals surface area (Å²) in [7, 11) is 1.57. The number of hydrogen-bond donors (Lipinski definition) is 2. The largest absolute Gasteiger partial charge is 0.480 e. The Bertz CT molecular complexity index is 480. The van der Waals surface area contributed by atoms with Crippen molar-refractivity contribution < 1.29 is 14.7 Å². The third-order valence-electron chi connectivity index (χ3n) is 2.51. The normalized spacial score (nSPS) is 10.6. The van der Waals surface area contributed by atoms with E-state index in [1.165, 1.54) is 4.90 Å². The summed E-state index contributed by atoms with van der Waals surface area (Å²) in [4.78, 5) is 23.7. The Hall–Kier alpha value is -1.59.